The minimum absolute atomic E-state index is 0.0140. The van der Waals surface area contributed by atoms with Crippen LogP contribution in [0.3, 0.4) is 0 Å². The first-order chi connectivity index (χ1) is 13.2. The van der Waals surface area contributed by atoms with Gasteiger partial charge in [-0.2, -0.15) is 0 Å². The van der Waals surface area contributed by atoms with Gasteiger partial charge in [0.1, 0.15) is 5.75 Å². The molecule has 2 aliphatic carbocycles. The van der Waals surface area contributed by atoms with Crippen LogP contribution in [0.25, 0.3) is 0 Å². The summed E-state index contributed by atoms with van der Waals surface area (Å²) >= 11 is 0. The van der Waals surface area contributed by atoms with Gasteiger partial charge < -0.3 is 15.4 Å². The zero-order chi connectivity index (χ0) is 18.9. The van der Waals surface area contributed by atoms with Crippen LogP contribution in [0, 0.1) is 5.92 Å². The quantitative estimate of drug-likeness (QED) is 0.731. The van der Waals surface area contributed by atoms with Crippen molar-refractivity contribution in [3.63, 3.8) is 0 Å². The van der Waals surface area contributed by atoms with Crippen LogP contribution in [0.2, 0.25) is 0 Å². The summed E-state index contributed by atoms with van der Waals surface area (Å²) in [7, 11) is 0. The second-order valence-electron chi connectivity index (χ2n) is 7.93. The number of hydrogen-bond donors (Lipinski definition) is 2. The van der Waals surface area contributed by atoms with Crippen LogP contribution in [0.5, 0.6) is 5.75 Å². The van der Waals surface area contributed by atoms with E-state index in [0.29, 0.717) is 25.0 Å². The van der Waals surface area contributed by atoms with E-state index < -0.39 is 0 Å². The zero-order valence-corrected chi connectivity index (χ0v) is 16.2. The van der Waals surface area contributed by atoms with E-state index in [9.17, 15) is 9.59 Å². The highest BCUT2D eigenvalue weighted by atomic mass is 16.5. The lowest BCUT2D eigenvalue weighted by atomic mass is 9.98. The van der Waals surface area contributed by atoms with Gasteiger partial charge in [0.05, 0.1) is 12.6 Å². The number of carbonyl (C=O) groups excluding carboxylic acids is 2. The van der Waals surface area contributed by atoms with E-state index in [-0.39, 0.29) is 18.4 Å². The Bertz CT molecular complexity index is 620. The molecule has 0 atom stereocenters. The van der Waals surface area contributed by atoms with Crippen LogP contribution in [-0.2, 0) is 16.1 Å². The molecule has 2 N–H and O–H groups in total. The number of benzene rings is 1. The summed E-state index contributed by atoms with van der Waals surface area (Å²) in [6.07, 6.45) is 11.6. The third-order valence-corrected chi connectivity index (χ3v) is 5.64. The van der Waals surface area contributed by atoms with E-state index >= 15 is 0 Å². The first-order valence-corrected chi connectivity index (χ1v) is 10.5. The van der Waals surface area contributed by atoms with Crippen molar-refractivity contribution in [2.45, 2.75) is 76.9 Å². The number of hydrogen-bond acceptors (Lipinski definition) is 3. The lowest BCUT2D eigenvalue weighted by Crippen LogP contribution is -2.37. The molecule has 148 valence electrons. The summed E-state index contributed by atoms with van der Waals surface area (Å²) in [5, 5.41) is 5.61. The van der Waals surface area contributed by atoms with Crippen LogP contribution in [-0.4, -0.2) is 24.5 Å². The SMILES string of the molecule is O=C(CNC(=O)CC1CCCC1)NCc1cccc(OC2CCCCC2)c1. The van der Waals surface area contributed by atoms with E-state index in [1.54, 1.807) is 0 Å². The van der Waals surface area contributed by atoms with E-state index in [0.717, 1.165) is 37.0 Å². The molecule has 1 aromatic rings. The highest BCUT2D eigenvalue weighted by Crippen LogP contribution is 2.27. The first-order valence-electron chi connectivity index (χ1n) is 10.5. The number of carbonyl (C=O) groups is 2. The molecule has 27 heavy (non-hydrogen) atoms. The molecule has 5 nitrogen and oxygen atoms in total. The molecule has 0 bridgehead atoms. The maximum atomic E-state index is 12.0. The first kappa shape index (κ1) is 19.7. The average Bonchev–Trinajstić information content (AvgIpc) is 3.19. The fraction of sp³-hybridized carbons (Fsp3) is 0.636. The fourth-order valence-electron chi connectivity index (χ4n) is 4.10. The molecule has 1 aromatic carbocycles. The molecule has 0 unspecified atom stereocenters. The number of rotatable bonds is 8. The predicted molar refractivity (Wildman–Crippen MR) is 105 cm³/mol. The topological polar surface area (TPSA) is 67.4 Å². The minimum Gasteiger partial charge on any atom is -0.490 e. The Morgan fingerprint density at radius 2 is 1.67 bits per heavy atom. The third kappa shape index (κ3) is 6.89. The summed E-state index contributed by atoms with van der Waals surface area (Å²) in [4.78, 5) is 23.9. The molecule has 0 spiro atoms. The number of amides is 2. The smallest absolute Gasteiger partial charge is 0.239 e. The molecule has 2 fully saturated rings. The minimum atomic E-state index is -0.159. The lowest BCUT2D eigenvalue weighted by molar-refractivity contribution is -0.126. The molecule has 3 rings (SSSR count). The molecular weight excluding hydrogens is 340 g/mol. The van der Waals surface area contributed by atoms with Crippen molar-refractivity contribution in [1.82, 2.24) is 10.6 Å². The van der Waals surface area contributed by atoms with Gasteiger partial charge in [-0.15, -0.1) is 0 Å². The molecule has 0 aliphatic heterocycles. The molecular formula is C22H32N2O3. The van der Waals surface area contributed by atoms with Crippen molar-refractivity contribution in [1.29, 1.82) is 0 Å². The van der Waals surface area contributed by atoms with Gasteiger partial charge in [0.25, 0.3) is 0 Å². The molecule has 0 heterocycles. The van der Waals surface area contributed by atoms with Crippen molar-refractivity contribution >= 4 is 11.8 Å². The summed E-state index contributed by atoms with van der Waals surface area (Å²) in [5.74, 6) is 1.20. The maximum absolute atomic E-state index is 12.0. The standard InChI is InChI=1S/C22H32N2O3/c25-21(14-17-7-4-5-8-17)24-16-22(26)23-15-18-9-6-12-20(13-18)27-19-10-2-1-3-11-19/h6,9,12-13,17,19H,1-5,7-8,10-11,14-16H2,(H,23,26)(H,24,25). The van der Waals surface area contributed by atoms with Gasteiger partial charge in [0, 0.05) is 13.0 Å². The van der Waals surface area contributed by atoms with Crippen molar-refractivity contribution in [2.24, 2.45) is 5.92 Å². The highest BCUT2D eigenvalue weighted by molar-refractivity contribution is 5.84. The highest BCUT2D eigenvalue weighted by Gasteiger charge is 2.18. The van der Waals surface area contributed by atoms with E-state index in [1.807, 2.05) is 24.3 Å². The second kappa shape index (κ2) is 10.3. The molecule has 0 radical (unpaired) electrons. The van der Waals surface area contributed by atoms with Gasteiger partial charge in [0.2, 0.25) is 11.8 Å². The van der Waals surface area contributed by atoms with Gasteiger partial charge >= 0.3 is 0 Å². The van der Waals surface area contributed by atoms with Gasteiger partial charge in [0.15, 0.2) is 0 Å². The van der Waals surface area contributed by atoms with E-state index in [1.165, 1.54) is 32.1 Å². The van der Waals surface area contributed by atoms with Crippen molar-refractivity contribution in [2.75, 3.05) is 6.54 Å². The molecule has 2 aliphatic rings. The number of nitrogens with one attached hydrogen (secondary N) is 2. The monoisotopic (exact) mass is 372 g/mol. The summed E-state index contributed by atoms with van der Waals surface area (Å²) in [5.41, 5.74) is 1.01. The van der Waals surface area contributed by atoms with Crippen molar-refractivity contribution in [3.05, 3.63) is 29.8 Å². The molecule has 5 heteroatoms. The fourth-order valence-corrected chi connectivity index (χ4v) is 4.10. The molecule has 0 saturated heterocycles. The second-order valence-corrected chi connectivity index (χ2v) is 7.93. The summed E-state index contributed by atoms with van der Waals surface area (Å²) in [6, 6.07) is 7.91. The van der Waals surface area contributed by atoms with Crippen LogP contribution in [0.1, 0.15) is 69.8 Å². The van der Waals surface area contributed by atoms with Crippen LogP contribution < -0.4 is 15.4 Å². The van der Waals surface area contributed by atoms with E-state index in [4.69, 9.17) is 4.74 Å². The Hall–Kier alpha value is -2.04. The normalized spacial score (nSPS) is 18.2. The van der Waals surface area contributed by atoms with Gasteiger partial charge in [-0.05, 0) is 62.1 Å². The Labute approximate surface area is 162 Å². The lowest BCUT2D eigenvalue weighted by Gasteiger charge is -2.23. The van der Waals surface area contributed by atoms with Gasteiger partial charge in [-0.1, -0.05) is 31.4 Å². The van der Waals surface area contributed by atoms with Gasteiger partial charge in [-0.25, -0.2) is 0 Å². The van der Waals surface area contributed by atoms with Crippen molar-refractivity contribution in [3.8, 4) is 5.75 Å². The molecule has 2 saturated carbocycles. The van der Waals surface area contributed by atoms with Crippen LogP contribution >= 0.6 is 0 Å². The zero-order valence-electron chi connectivity index (χ0n) is 16.2. The average molecular weight is 373 g/mol. The predicted octanol–water partition coefficient (Wildman–Crippen LogP) is 3.71. The molecule has 0 aromatic heterocycles. The maximum Gasteiger partial charge on any atom is 0.239 e. The number of ether oxygens (including phenoxy) is 1. The Kier molecular flexibility index (Phi) is 7.55. The Morgan fingerprint density at radius 1 is 0.926 bits per heavy atom. The Morgan fingerprint density at radius 3 is 2.44 bits per heavy atom. The third-order valence-electron chi connectivity index (χ3n) is 5.64. The summed E-state index contributed by atoms with van der Waals surface area (Å²) in [6.45, 7) is 0.489. The van der Waals surface area contributed by atoms with Crippen LogP contribution in [0.15, 0.2) is 24.3 Å². The van der Waals surface area contributed by atoms with Crippen molar-refractivity contribution < 1.29 is 14.3 Å². The Balaban J connectivity index is 1.36. The largest absolute Gasteiger partial charge is 0.490 e. The van der Waals surface area contributed by atoms with Gasteiger partial charge in [-0.3, -0.25) is 9.59 Å². The molecule has 2 amide bonds. The summed E-state index contributed by atoms with van der Waals surface area (Å²) < 4.78 is 6.08. The van der Waals surface area contributed by atoms with E-state index in [2.05, 4.69) is 10.6 Å². The van der Waals surface area contributed by atoms with Crippen LogP contribution in [0.4, 0.5) is 0 Å².